The van der Waals surface area contributed by atoms with Gasteiger partial charge in [-0.1, -0.05) is 61.0 Å². The molecule has 0 spiro atoms. The molecule has 1 N–H and O–H groups in total. The van der Waals surface area contributed by atoms with Crippen molar-refractivity contribution in [3.05, 3.63) is 82.8 Å². The molecule has 9 heteroatoms. The summed E-state index contributed by atoms with van der Waals surface area (Å²) in [6, 6.07) is 15.5. The molecular formula is C30H33N3O4S2. The lowest BCUT2D eigenvalue weighted by Gasteiger charge is -2.29. The Balaban J connectivity index is 1.30. The molecule has 2 fully saturated rings. The van der Waals surface area contributed by atoms with Crippen LogP contribution < -0.4 is 5.32 Å². The monoisotopic (exact) mass is 563 g/mol. The Hall–Kier alpha value is -3.04. The standard InChI is InChI=1S/C30H33N3O4S2/c1-19-8-10-22(11-9-19)29(36)33-16-26(34)27-25(33)12-14-32(27)30(37)24(18-38-17-21-6-4-3-5-7-21)31-28(35)23-13-15-39-20(23)2/h3-11,13,15,20,23-25,27H,12,14,16-18H2,1-2H3,(H,31,35)/t20?,23?,24-,25?,27-/m0/s1. The molecule has 0 aliphatic carbocycles. The average molecular weight is 564 g/mol. The number of hydrogen-bond donors (Lipinski definition) is 1. The molecule has 0 bridgehead atoms. The largest absolute Gasteiger partial charge is 0.343 e. The molecule has 3 aliphatic rings. The Bertz CT molecular complexity index is 1270. The summed E-state index contributed by atoms with van der Waals surface area (Å²) in [5, 5.41) is 5.04. The third-order valence-corrected chi connectivity index (χ3v) is 9.81. The van der Waals surface area contributed by atoms with E-state index in [1.165, 1.54) is 0 Å². The summed E-state index contributed by atoms with van der Waals surface area (Å²) in [6.45, 7) is 4.33. The maximum Gasteiger partial charge on any atom is 0.254 e. The van der Waals surface area contributed by atoms with Crippen molar-refractivity contribution in [1.29, 1.82) is 0 Å². The molecular weight excluding hydrogens is 530 g/mol. The fourth-order valence-corrected chi connectivity index (χ4v) is 7.41. The van der Waals surface area contributed by atoms with Gasteiger partial charge < -0.3 is 15.1 Å². The fourth-order valence-electron chi connectivity index (χ4n) is 5.51. The molecule has 204 valence electrons. The number of aryl methyl sites for hydroxylation is 1. The highest BCUT2D eigenvalue weighted by Gasteiger charge is 2.52. The lowest BCUT2D eigenvalue weighted by atomic mass is 10.1. The topological polar surface area (TPSA) is 86.8 Å². The van der Waals surface area contributed by atoms with E-state index < -0.39 is 12.1 Å². The zero-order valence-corrected chi connectivity index (χ0v) is 23.8. The smallest absolute Gasteiger partial charge is 0.254 e. The highest BCUT2D eigenvalue weighted by Crippen LogP contribution is 2.33. The number of fused-ring (bicyclic) bond motifs is 1. The first kappa shape index (κ1) is 27.5. The van der Waals surface area contributed by atoms with Gasteiger partial charge in [0.1, 0.15) is 12.1 Å². The van der Waals surface area contributed by atoms with Crippen LogP contribution in [0.2, 0.25) is 0 Å². The molecule has 3 amide bonds. The van der Waals surface area contributed by atoms with E-state index in [0.29, 0.717) is 30.0 Å². The Labute approximate surface area is 237 Å². The molecule has 5 atom stereocenters. The minimum Gasteiger partial charge on any atom is -0.343 e. The molecule has 2 aromatic carbocycles. The number of thioether (sulfide) groups is 2. The van der Waals surface area contributed by atoms with E-state index in [9.17, 15) is 19.2 Å². The number of carbonyl (C=O) groups excluding carboxylic acids is 4. The lowest BCUT2D eigenvalue weighted by Crippen LogP contribution is -2.54. The van der Waals surface area contributed by atoms with E-state index in [1.54, 1.807) is 45.5 Å². The van der Waals surface area contributed by atoms with E-state index in [-0.39, 0.29) is 47.3 Å². The third-order valence-electron chi connectivity index (χ3n) is 7.66. The lowest BCUT2D eigenvalue weighted by molar-refractivity contribution is -0.139. The molecule has 7 nitrogen and oxygen atoms in total. The average Bonchev–Trinajstić information content (AvgIpc) is 3.65. The van der Waals surface area contributed by atoms with Crippen LogP contribution in [0.5, 0.6) is 0 Å². The van der Waals surface area contributed by atoms with Crippen LogP contribution in [0.15, 0.2) is 66.1 Å². The van der Waals surface area contributed by atoms with Crippen LogP contribution >= 0.6 is 23.5 Å². The van der Waals surface area contributed by atoms with Gasteiger partial charge in [-0.15, -0.1) is 11.8 Å². The number of amides is 3. The van der Waals surface area contributed by atoms with Crippen LogP contribution in [0.3, 0.4) is 0 Å². The van der Waals surface area contributed by atoms with Gasteiger partial charge in [-0.05, 0) is 36.4 Å². The minimum atomic E-state index is -0.759. The third kappa shape index (κ3) is 5.94. The zero-order valence-electron chi connectivity index (χ0n) is 22.1. The van der Waals surface area contributed by atoms with Crippen LogP contribution in [-0.2, 0) is 20.1 Å². The highest BCUT2D eigenvalue weighted by molar-refractivity contribution is 8.03. The fraction of sp³-hybridized carbons (Fsp3) is 0.400. The van der Waals surface area contributed by atoms with Gasteiger partial charge in [0, 0.05) is 28.9 Å². The number of likely N-dealkylation sites (tertiary alicyclic amines) is 2. The van der Waals surface area contributed by atoms with Crippen LogP contribution in [-0.4, -0.2) is 75.5 Å². The number of rotatable bonds is 8. The number of carbonyl (C=O) groups is 4. The second-order valence-corrected chi connectivity index (χ2v) is 12.7. The molecule has 0 radical (unpaired) electrons. The van der Waals surface area contributed by atoms with E-state index >= 15 is 0 Å². The highest BCUT2D eigenvalue weighted by atomic mass is 32.2. The van der Waals surface area contributed by atoms with Crippen LogP contribution in [0.25, 0.3) is 0 Å². The van der Waals surface area contributed by atoms with E-state index in [2.05, 4.69) is 5.32 Å². The van der Waals surface area contributed by atoms with Crippen molar-refractivity contribution in [1.82, 2.24) is 15.1 Å². The van der Waals surface area contributed by atoms with Gasteiger partial charge in [-0.25, -0.2) is 0 Å². The van der Waals surface area contributed by atoms with Gasteiger partial charge in [-0.3, -0.25) is 19.2 Å². The summed E-state index contributed by atoms with van der Waals surface area (Å²) in [5.74, 6) is 0.0611. The van der Waals surface area contributed by atoms with Crippen molar-refractivity contribution < 1.29 is 19.2 Å². The number of nitrogens with one attached hydrogen (secondary N) is 1. The van der Waals surface area contributed by atoms with Crippen LogP contribution in [0, 0.1) is 12.8 Å². The normalized spacial score (nSPS) is 24.6. The summed E-state index contributed by atoms with van der Waals surface area (Å²) in [5.41, 5.74) is 2.73. The van der Waals surface area contributed by atoms with Crippen LogP contribution in [0.4, 0.5) is 0 Å². The molecule has 5 rings (SSSR count). The Morgan fingerprint density at radius 1 is 1.08 bits per heavy atom. The second kappa shape index (κ2) is 12.0. The molecule has 2 aromatic rings. The zero-order chi connectivity index (χ0) is 27.5. The first-order chi connectivity index (χ1) is 18.8. The molecule has 0 aromatic heterocycles. The van der Waals surface area contributed by atoms with Crippen molar-refractivity contribution in [2.24, 2.45) is 5.92 Å². The van der Waals surface area contributed by atoms with Crippen molar-refractivity contribution in [2.45, 2.75) is 49.4 Å². The molecule has 3 aliphatic heterocycles. The summed E-state index contributed by atoms with van der Waals surface area (Å²) in [6.07, 6.45) is 2.42. The molecule has 3 heterocycles. The summed E-state index contributed by atoms with van der Waals surface area (Å²) >= 11 is 3.18. The van der Waals surface area contributed by atoms with Gasteiger partial charge in [0.25, 0.3) is 5.91 Å². The first-order valence-corrected chi connectivity index (χ1v) is 15.4. The molecule has 0 saturated carbocycles. The van der Waals surface area contributed by atoms with Gasteiger partial charge >= 0.3 is 0 Å². The van der Waals surface area contributed by atoms with Gasteiger partial charge in [0.05, 0.1) is 18.5 Å². The molecule has 2 saturated heterocycles. The minimum absolute atomic E-state index is 0.00673. The van der Waals surface area contributed by atoms with Crippen LogP contribution in [0.1, 0.15) is 34.8 Å². The maximum absolute atomic E-state index is 13.9. The second-order valence-electron chi connectivity index (χ2n) is 10.4. The molecule has 3 unspecified atom stereocenters. The SMILES string of the molecule is Cc1ccc(C(=O)N2CC(=O)[C@@H]3C2CCN3C(=O)[C@H](CSCc2ccccc2)NC(=O)C2C=CSC2C)cc1. The van der Waals surface area contributed by atoms with Crippen molar-refractivity contribution in [3.8, 4) is 0 Å². The van der Waals surface area contributed by atoms with Crippen molar-refractivity contribution in [3.63, 3.8) is 0 Å². The Kier molecular flexibility index (Phi) is 8.47. The van der Waals surface area contributed by atoms with Crippen molar-refractivity contribution in [2.75, 3.05) is 18.8 Å². The Morgan fingerprint density at radius 3 is 2.51 bits per heavy atom. The summed E-state index contributed by atoms with van der Waals surface area (Å²) in [4.78, 5) is 56.7. The quantitative estimate of drug-likeness (QED) is 0.528. The Morgan fingerprint density at radius 2 is 1.82 bits per heavy atom. The number of ketones is 1. The first-order valence-electron chi connectivity index (χ1n) is 13.3. The van der Waals surface area contributed by atoms with E-state index in [4.69, 9.17) is 0 Å². The van der Waals surface area contributed by atoms with Gasteiger partial charge in [0.2, 0.25) is 11.8 Å². The number of benzene rings is 2. The number of nitrogens with zero attached hydrogens (tertiary/aromatic N) is 2. The van der Waals surface area contributed by atoms with Crippen molar-refractivity contribution >= 4 is 47.0 Å². The van der Waals surface area contributed by atoms with Gasteiger partial charge in [-0.2, -0.15) is 11.8 Å². The predicted octanol–water partition coefficient (Wildman–Crippen LogP) is 3.67. The van der Waals surface area contributed by atoms with E-state index in [0.717, 1.165) is 11.1 Å². The van der Waals surface area contributed by atoms with E-state index in [1.807, 2.05) is 67.8 Å². The predicted molar refractivity (Wildman–Crippen MR) is 155 cm³/mol. The van der Waals surface area contributed by atoms with Gasteiger partial charge in [0.15, 0.2) is 5.78 Å². The molecule has 39 heavy (non-hydrogen) atoms. The summed E-state index contributed by atoms with van der Waals surface area (Å²) in [7, 11) is 0. The number of Topliss-reactive ketones (excluding diaryl/α,β-unsaturated/α-hetero) is 1. The maximum atomic E-state index is 13.9. The summed E-state index contributed by atoms with van der Waals surface area (Å²) < 4.78 is 0. The number of hydrogen-bond acceptors (Lipinski definition) is 6.